The lowest BCUT2D eigenvalue weighted by Gasteiger charge is -2.25. The highest BCUT2D eigenvalue weighted by Gasteiger charge is 2.49. The van der Waals surface area contributed by atoms with Gasteiger partial charge in [-0.2, -0.15) is 0 Å². The molecule has 0 aliphatic carbocycles. The van der Waals surface area contributed by atoms with Crippen LogP contribution >= 0.6 is 0 Å². The summed E-state index contributed by atoms with van der Waals surface area (Å²) in [7, 11) is 2.75. The van der Waals surface area contributed by atoms with E-state index in [1.165, 1.54) is 14.2 Å². The van der Waals surface area contributed by atoms with Crippen LogP contribution in [0, 0.1) is 0 Å². The second kappa shape index (κ2) is 8.98. The van der Waals surface area contributed by atoms with Crippen molar-refractivity contribution in [3.63, 3.8) is 0 Å². The van der Waals surface area contributed by atoms with Crippen LogP contribution < -0.4 is 5.32 Å². The Kier molecular flexibility index (Phi) is 6.96. The zero-order valence-electron chi connectivity index (χ0n) is 15.4. The van der Waals surface area contributed by atoms with Crippen molar-refractivity contribution in [1.29, 1.82) is 0 Å². The van der Waals surface area contributed by atoms with E-state index in [9.17, 15) is 9.59 Å². The van der Waals surface area contributed by atoms with Gasteiger partial charge >= 0.3 is 12.1 Å². The molecule has 8 nitrogen and oxygen atoms in total. The Morgan fingerprint density at radius 3 is 2.50 bits per heavy atom. The molecular weight excluding hydrogens is 342 g/mol. The van der Waals surface area contributed by atoms with Gasteiger partial charge in [0.2, 0.25) is 0 Å². The number of carbonyl (C=O) groups excluding carboxylic acids is 2. The zero-order chi connectivity index (χ0) is 19.2. The summed E-state index contributed by atoms with van der Waals surface area (Å²) in [6, 6.07) is 8.64. The minimum absolute atomic E-state index is 0.109. The van der Waals surface area contributed by atoms with E-state index in [1.807, 2.05) is 30.3 Å². The van der Waals surface area contributed by atoms with E-state index < -0.39 is 36.1 Å². The van der Waals surface area contributed by atoms with Gasteiger partial charge in [0, 0.05) is 7.11 Å². The van der Waals surface area contributed by atoms with Crippen LogP contribution in [0.5, 0.6) is 0 Å². The molecule has 0 radical (unpaired) electrons. The summed E-state index contributed by atoms with van der Waals surface area (Å²) in [4.78, 5) is 24.2. The number of benzene rings is 1. The fourth-order valence-corrected chi connectivity index (χ4v) is 2.70. The Labute approximate surface area is 152 Å². The van der Waals surface area contributed by atoms with Crippen molar-refractivity contribution in [1.82, 2.24) is 5.32 Å². The third-order valence-corrected chi connectivity index (χ3v) is 3.82. The molecule has 1 heterocycles. The lowest BCUT2D eigenvalue weighted by Crippen LogP contribution is -2.52. The Hall–Kier alpha value is -2.16. The number of hydrogen-bond donors (Lipinski definition) is 1. The van der Waals surface area contributed by atoms with Gasteiger partial charge in [0.25, 0.3) is 0 Å². The fraction of sp³-hybridized carbons (Fsp3) is 0.556. The quantitative estimate of drug-likeness (QED) is 0.732. The Bertz CT molecular complexity index is 605. The Morgan fingerprint density at radius 2 is 1.88 bits per heavy atom. The number of carbonyl (C=O) groups is 2. The van der Waals surface area contributed by atoms with Gasteiger partial charge in [0.05, 0.1) is 19.8 Å². The van der Waals surface area contributed by atoms with Gasteiger partial charge in [-0.15, -0.1) is 0 Å². The van der Waals surface area contributed by atoms with E-state index in [1.54, 1.807) is 13.8 Å². The van der Waals surface area contributed by atoms with E-state index in [0.717, 1.165) is 5.56 Å². The van der Waals surface area contributed by atoms with E-state index >= 15 is 0 Å². The molecule has 8 heteroatoms. The maximum atomic E-state index is 12.2. The first-order chi connectivity index (χ1) is 12.4. The normalized spacial score (nSPS) is 22.5. The molecule has 1 fully saturated rings. The summed E-state index contributed by atoms with van der Waals surface area (Å²) in [6.45, 7) is 3.60. The second-order valence-electron chi connectivity index (χ2n) is 6.31. The molecule has 0 saturated carbocycles. The largest absolute Gasteiger partial charge is 0.467 e. The van der Waals surface area contributed by atoms with Gasteiger partial charge in [0.15, 0.2) is 11.9 Å². The van der Waals surface area contributed by atoms with Crippen LogP contribution in [0.1, 0.15) is 19.4 Å². The molecule has 1 amide bonds. The highest BCUT2D eigenvalue weighted by atomic mass is 16.8. The summed E-state index contributed by atoms with van der Waals surface area (Å²) in [6.07, 6.45) is -2.40. The number of rotatable bonds is 7. The first kappa shape index (κ1) is 20.2. The SMILES string of the molecule is COC[C@H](NC(=O)OCc1ccccc1)[C@@H]1OC(C)(C)O[C@@H]1C(=O)OC. The van der Waals surface area contributed by atoms with Crippen molar-refractivity contribution in [2.75, 3.05) is 20.8 Å². The summed E-state index contributed by atoms with van der Waals surface area (Å²) >= 11 is 0. The summed E-state index contributed by atoms with van der Waals surface area (Å²) in [5.74, 6) is -1.58. The highest BCUT2D eigenvalue weighted by molar-refractivity contribution is 5.76. The van der Waals surface area contributed by atoms with E-state index in [2.05, 4.69) is 5.32 Å². The molecule has 1 N–H and O–H groups in total. The first-order valence-corrected chi connectivity index (χ1v) is 8.26. The molecule has 1 aromatic rings. The van der Waals surface area contributed by atoms with Crippen molar-refractivity contribution in [2.24, 2.45) is 0 Å². The molecule has 0 bridgehead atoms. The standard InChI is InChI=1S/C18H25NO7/c1-18(2)25-14(15(26-18)16(20)23-4)13(11-22-3)19-17(21)24-10-12-8-6-5-7-9-12/h5-9,13-15H,10-11H2,1-4H3,(H,19,21)/t13-,14-,15-/m0/s1. The first-order valence-electron chi connectivity index (χ1n) is 8.26. The number of ether oxygens (including phenoxy) is 5. The molecule has 0 spiro atoms. The maximum absolute atomic E-state index is 12.2. The van der Waals surface area contributed by atoms with Crippen LogP contribution in [0.3, 0.4) is 0 Å². The molecule has 1 saturated heterocycles. The molecule has 0 aromatic heterocycles. The van der Waals surface area contributed by atoms with Crippen LogP contribution in [0.4, 0.5) is 4.79 Å². The third kappa shape index (κ3) is 5.42. The zero-order valence-corrected chi connectivity index (χ0v) is 15.4. The monoisotopic (exact) mass is 367 g/mol. The molecular formula is C18H25NO7. The van der Waals surface area contributed by atoms with Gasteiger partial charge in [-0.1, -0.05) is 30.3 Å². The lowest BCUT2D eigenvalue weighted by atomic mass is 10.1. The van der Waals surface area contributed by atoms with Crippen LogP contribution in [-0.2, 0) is 35.1 Å². The average Bonchev–Trinajstić information content (AvgIpc) is 2.95. The maximum Gasteiger partial charge on any atom is 0.407 e. The highest BCUT2D eigenvalue weighted by Crippen LogP contribution is 2.31. The average molecular weight is 367 g/mol. The van der Waals surface area contributed by atoms with Gasteiger partial charge in [0.1, 0.15) is 12.7 Å². The van der Waals surface area contributed by atoms with Crippen molar-refractivity contribution < 1.29 is 33.3 Å². The minimum atomic E-state index is -0.995. The minimum Gasteiger partial charge on any atom is -0.467 e. The van der Waals surface area contributed by atoms with E-state index in [4.69, 9.17) is 23.7 Å². The van der Waals surface area contributed by atoms with Crippen molar-refractivity contribution >= 4 is 12.1 Å². The van der Waals surface area contributed by atoms with Gasteiger partial charge < -0.3 is 29.0 Å². The molecule has 0 unspecified atom stereocenters. The van der Waals surface area contributed by atoms with Crippen LogP contribution in [-0.4, -0.2) is 56.9 Å². The number of methoxy groups -OCH3 is 2. The Morgan fingerprint density at radius 1 is 1.19 bits per heavy atom. The number of esters is 1. The predicted molar refractivity (Wildman–Crippen MR) is 91.3 cm³/mol. The number of nitrogens with one attached hydrogen (secondary N) is 1. The molecule has 3 atom stereocenters. The van der Waals surface area contributed by atoms with Crippen molar-refractivity contribution in [3.8, 4) is 0 Å². The molecule has 1 aromatic carbocycles. The molecule has 144 valence electrons. The lowest BCUT2D eigenvalue weighted by molar-refractivity contribution is -0.168. The van der Waals surface area contributed by atoms with E-state index in [-0.39, 0.29) is 13.2 Å². The van der Waals surface area contributed by atoms with Crippen LogP contribution in [0.15, 0.2) is 30.3 Å². The Balaban J connectivity index is 2.02. The predicted octanol–water partition coefficient (Wildman–Crippen LogP) is 1.62. The summed E-state index contributed by atoms with van der Waals surface area (Å²) in [5.41, 5.74) is 0.861. The number of hydrogen-bond acceptors (Lipinski definition) is 7. The molecule has 1 aliphatic heterocycles. The third-order valence-electron chi connectivity index (χ3n) is 3.82. The molecule has 26 heavy (non-hydrogen) atoms. The second-order valence-corrected chi connectivity index (χ2v) is 6.31. The number of alkyl carbamates (subject to hydrolysis) is 1. The van der Waals surface area contributed by atoms with Crippen LogP contribution in [0.2, 0.25) is 0 Å². The van der Waals surface area contributed by atoms with E-state index in [0.29, 0.717) is 0 Å². The fourth-order valence-electron chi connectivity index (χ4n) is 2.70. The van der Waals surface area contributed by atoms with Crippen molar-refractivity contribution in [3.05, 3.63) is 35.9 Å². The van der Waals surface area contributed by atoms with Crippen molar-refractivity contribution in [2.45, 2.75) is 44.5 Å². The van der Waals surface area contributed by atoms with Crippen LogP contribution in [0.25, 0.3) is 0 Å². The number of amides is 1. The smallest absolute Gasteiger partial charge is 0.407 e. The summed E-state index contributed by atoms with van der Waals surface area (Å²) in [5, 5.41) is 2.68. The topological polar surface area (TPSA) is 92.3 Å². The molecule has 1 aliphatic rings. The molecule has 2 rings (SSSR count). The van der Waals surface area contributed by atoms with Gasteiger partial charge in [-0.3, -0.25) is 0 Å². The summed E-state index contributed by atoms with van der Waals surface area (Å²) < 4.78 is 26.5. The van der Waals surface area contributed by atoms with Gasteiger partial charge in [-0.25, -0.2) is 9.59 Å². The van der Waals surface area contributed by atoms with Gasteiger partial charge in [-0.05, 0) is 19.4 Å².